The molecule has 2 aromatic rings. The van der Waals surface area contributed by atoms with Gasteiger partial charge in [-0.3, -0.25) is 9.78 Å². The Balaban J connectivity index is 1.86. The number of pyridine rings is 1. The molecule has 0 spiro atoms. The highest BCUT2D eigenvalue weighted by molar-refractivity contribution is 5.82. The summed E-state index contributed by atoms with van der Waals surface area (Å²) in [6.07, 6.45) is 4.60. The summed E-state index contributed by atoms with van der Waals surface area (Å²) >= 11 is 0. The van der Waals surface area contributed by atoms with Crippen LogP contribution in [0.4, 0.5) is 5.82 Å². The molecule has 1 aliphatic rings. The zero-order chi connectivity index (χ0) is 21.7. The number of nitrogens with zero attached hydrogens (tertiary/aromatic N) is 4. The second-order valence-corrected chi connectivity index (χ2v) is 8.63. The minimum Gasteiger partial charge on any atom is -0.492 e. The lowest BCUT2D eigenvalue weighted by Crippen LogP contribution is -2.45. The van der Waals surface area contributed by atoms with E-state index in [0.717, 1.165) is 48.6 Å². The molecule has 0 aliphatic heterocycles. The van der Waals surface area contributed by atoms with Crippen LogP contribution in [0, 0.1) is 0 Å². The van der Waals surface area contributed by atoms with E-state index in [1.54, 1.807) is 6.20 Å². The fraction of sp³-hybridized carbons (Fsp3) is 0.545. The summed E-state index contributed by atoms with van der Waals surface area (Å²) in [6, 6.07) is 3.69. The molecule has 0 unspecified atom stereocenters. The smallest absolute Gasteiger partial charge is 0.239 e. The van der Waals surface area contributed by atoms with Gasteiger partial charge in [0, 0.05) is 42.7 Å². The molecule has 2 N–H and O–H groups in total. The Morgan fingerprint density at radius 3 is 2.80 bits per heavy atom. The highest BCUT2D eigenvalue weighted by Crippen LogP contribution is 2.31. The molecule has 8 nitrogen and oxygen atoms in total. The number of fused-ring (bicyclic) bond motifs is 1. The van der Waals surface area contributed by atoms with Gasteiger partial charge in [0.2, 0.25) is 5.91 Å². The first-order valence-corrected chi connectivity index (χ1v) is 10.4. The maximum absolute atomic E-state index is 12.4. The number of hydrogen-bond acceptors (Lipinski definition) is 7. The Kier molecular flexibility index (Phi) is 6.87. The molecule has 8 heteroatoms. The molecule has 0 atom stereocenters. The van der Waals surface area contributed by atoms with Gasteiger partial charge in [-0.05, 0) is 53.1 Å². The molecule has 1 amide bonds. The van der Waals surface area contributed by atoms with Crippen LogP contribution in [0.2, 0.25) is 0 Å². The molecule has 3 rings (SSSR count). The average molecular weight is 413 g/mol. The molecular weight excluding hydrogens is 380 g/mol. The summed E-state index contributed by atoms with van der Waals surface area (Å²) in [6.45, 7) is 7.50. The van der Waals surface area contributed by atoms with Crippen molar-refractivity contribution in [3.63, 3.8) is 0 Å². The van der Waals surface area contributed by atoms with Gasteiger partial charge in [-0.1, -0.05) is 0 Å². The Labute approximate surface area is 178 Å². The van der Waals surface area contributed by atoms with E-state index >= 15 is 0 Å². The molecule has 0 bridgehead atoms. The van der Waals surface area contributed by atoms with Crippen LogP contribution in [0.1, 0.15) is 38.4 Å². The van der Waals surface area contributed by atoms with Crippen LogP contribution in [-0.4, -0.2) is 60.2 Å². The van der Waals surface area contributed by atoms with Crippen LogP contribution in [-0.2, 0) is 17.6 Å². The van der Waals surface area contributed by atoms with Crippen LogP contribution in [0.25, 0.3) is 11.5 Å². The van der Waals surface area contributed by atoms with Gasteiger partial charge in [-0.15, -0.1) is 0 Å². The van der Waals surface area contributed by atoms with Gasteiger partial charge in [0.1, 0.15) is 23.9 Å². The van der Waals surface area contributed by atoms with E-state index in [-0.39, 0.29) is 18.0 Å². The molecule has 2 heterocycles. The van der Waals surface area contributed by atoms with Crippen molar-refractivity contribution >= 4 is 11.7 Å². The molecule has 0 saturated heterocycles. The van der Waals surface area contributed by atoms with Crippen LogP contribution < -0.4 is 20.3 Å². The second kappa shape index (κ2) is 9.38. The van der Waals surface area contributed by atoms with Gasteiger partial charge in [-0.25, -0.2) is 9.97 Å². The number of aryl methyl sites for hydroxylation is 1. The van der Waals surface area contributed by atoms with Crippen LogP contribution >= 0.6 is 0 Å². The number of ether oxygens (including phenoxy) is 1. The first kappa shape index (κ1) is 22.0. The number of anilines is 1. The standard InChI is InChI=1S/C22H32N6O2/c1-22(2,3)27-19(29)14-28(5)21-16-7-6-8-17(16)25-20(26-21)18-13-15(9-10-24-18)30-12-11-23-4/h9-10,13,23H,6-8,11-12,14H2,1-5H3,(H,27,29). The lowest BCUT2D eigenvalue weighted by atomic mass is 10.1. The summed E-state index contributed by atoms with van der Waals surface area (Å²) in [7, 11) is 3.79. The van der Waals surface area contributed by atoms with Crippen molar-refractivity contribution in [1.82, 2.24) is 25.6 Å². The van der Waals surface area contributed by atoms with E-state index in [0.29, 0.717) is 18.1 Å². The molecule has 2 aromatic heterocycles. The van der Waals surface area contributed by atoms with E-state index in [4.69, 9.17) is 14.7 Å². The molecule has 162 valence electrons. The van der Waals surface area contributed by atoms with Gasteiger partial charge in [0.15, 0.2) is 5.82 Å². The van der Waals surface area contributed by atoms with Crippen molar-refractivity contribution < 1.29 is 9.53 Å². The van der Waals surface area contributed by atoms with Gasteiger partial charge >= 0.3 is 0 Å². The molecule has 1 aliphatic carbocycles. The summed E-state index contributed by atoms with van der Waals surface area (Å²) in [5.74, 6) is 2.07. The maximum atomic E-state index is 12.4. The normalized spacial score (nSPS) is 13.1. The maximum Gasteiger partial charge on any atom is 0.239 e. The first-order valence-electron chi connectivity index (χ1n) is 10.4. The van der Waals surface area contributed by atoms with E-state index in [1.165, 1.54) is 0 Å². The highest BCUT2D eigenvalue weighted by atomic mass is 16.5. The first-order chi connectivity index (χ1) is 14.3. The zero-order valence-electron chi connectivity index (χ0n) is 18.6. The number of carbonyl (C=O) groups is 1. The molecule has 0 radical (unpaired) electrons. The number of amides is 1. The van der Waals surface area contributed by atoms with Crippen molar-refractivity contribution in [3.05, 3.63) is 29.6 Å². The largest absolute Gasteiger partial charge is 0.492 e. The quantitative estimate of drug-likeness (QED) is 0.641. The van der Waals surface area contributed by atoms with E-state index in [2.05, 4.69) is 15.6 Å². The van der Waals surface area contributed by atoms with E-state index in [1.807, 2.05) is 51.9 Å². The van der Waals surface area contributed by atoms with Crippen molar-refractivity contribution in [3.8, 4) is 17.3 Å². The Morgan fingerprint density at radius 1 is 1.27 bits per heavy atom. The summed E-state index contributed by atoms with van der Waals surface area (Å²) in [5, 5.41) is 6.07. The highest BCUT2D eigenvalue weighted by Gasteiger charge is 2.24. The third-order valence-electron chi connectivity index (χ3n) is 4.75. The van der Waals surface area contributed by atoms with Crippen LogP contribution in [0.15, 0.2) is 18.3 Å². The topological polar surface area (TPSA) is 92.3 Å². The SMILES string of the molecule is CNCCOc1ccnc(-c2nc3c(c(N(C)CC(=O)NC(C)(C)C)n2)CCC3)c1. The number of aromatic nitrogens is 3. The lowest BCUT2D eigenvalue weighted by molar-refractivity contribution is -0.121. The fourth-order valence-corrected chi connectivity index (χ4v) is 3.49. The van der Waals surface area contributed by atoms with Crippen molar-refractivity contribution in [2.75, 3.05) is 38.7 Å². The zero-order valence-corrected chi connectivity index (χ0v) is 18.6. The van der Waals surface area contributed by atoms with E-state index in [9.17, 15) is 4.79 Å². The number of rotatable bonds is 8. The van der Waals surface area contributed by atoms with Gasteiger partial charge < -0.3 is 20.3 Å². The minimum atomic E-state index is -0.269. The number of likely N-dealkylation sites (N-methyl/N-ethyl adjacent to an activating group) is 2. The number of hydrogen-bond donors (Lipinski definition) is 2. The molecule has 0 aromatic carbocycles. The van der Waals surface area contributed by atoms with Crippen molar-refractivity contribution in [1.29, 1.82) is 0 Å². The minimum absolute atomic E-state index is 0.0324. The van der Waals surface area contributed by atoms with Crippen molar-refractivity contribution in [2.24, 2.45) is 0 Å². The van der Waals surface area contributed by atoms with Gasteiger partial charge in [-0.2, -0.15) is 0 Å². The summed E-state index contributed by atoms with van der Waals surface area (Å²) in [4.78, 5) is 28.4. The summed E-state index contributed by atoms with van der Waals surface area (Å²) in [5.41, 5.74) is 2.57. The van der Waals surface area contributed by atoms with Gasteiger partial charge in [0.25, 0.3) is 0 Å². The number of nitrogens with one attached hydrogen (secondary N) is 2. The lowest BCUT2D eigenvalue weighted by Gasteiger charge is -2.25. The van der Waals surface area contributed by atoms with Crippen LogP contribution in [0.3, 0.4) is 0 Å². The average Bonchev–Trinajstić information content (AvgIpc) is 3.14. The monoisotopic (exact) mass is 412 g/mol. The predicted octanol–water partition coefficient (Wildman–Crippen LogP) is 1.98. The Hall–Kier alpha value is -2.74. The van der Waals surface area contributed by atoms with Crippen molar-refractivity contribution in [2.45, 2.75) is 45.6 Å². The molecular formula is C22H32N6O2. The Morgan fingerprint density at radius 2 is 2.07 bits per heavy atom. The fourth-order valence-electron chi connectivity index (χ4n) is 3.49. The van der Waals surface area contributed by atoms with Crippen LogP contribution in [0.5, 0.6) is 5.75 Å². The third-order valence-corrected chi connectivity index (χ3v) is 4.75. The Bertz CT molecular complexity index is 894. The van der Waals surface area contributed by atoms with E-state index < -0.39 is 0 Å². The third kappa shape index (κ3) is 5.66. The molecule has 0 fully saturated rings. The summed E-state index contributed by atoms with van der Waals surface area (Å²) < 4.78 is 5.76. The number of carbonyl (C=O) groups excluding carboxylic acids is 1. The molecule has 30 heavy (non-hydrogen) atoms. The predicted molar refractivity (Wildman–Crippen MR) is 118 cm³/mol. The van der Waals surface area contributed by atoms with Gasteiger partial charge in [0.05, 0.1) is 6.54 Å². The molecule has 0 saturated carbocycles. The second-order valence-electron chi connectivity index (χ2n) is 8.63.